The van der Waals surface area contributed by atoms with Gasteiger partial charge in [-0.15, -0.1) is 0 Å². The third kappa shape index (κ3) is 3.79. The molecule has 1 N–H and O–H groups in total. The van der Waals surface area contributed by atoms with Crippen molar-refractivity contribution in [2.45, 2.75) is 76.5 Å². The number of allylic oxidation sites excluding steroid dienone is 1. The summed E-state index contributed by atoms with van der Waals surface area (Å²) in [6, 6.07) is 0. The summed E-state index contributed by atoms with van der Waals surface area (Å²) in [4.78, 5) is 5.92. The van der Waals surface area contributed by atoms with E-state index in [4.69, 9.17) is 16.3 Å². The van der Waals surface area contributed by atoms with Crippen molar-refractivity contribution in [3.63, 3.8) is 0 Å². The van der Waals surface area contributed by atoms with Crippen LogP contribution in [0, 0.1) is 5.92 Å². The molecule has 0 saturated heterocycles. The summed E-state index contributed by atoms with van der Waals surface area (Å²) in [5, 5.41) is 11.5. The number of hydrogen-bond acceptors (Lipinski definition) is 4. The summed E-state index contributed by atoms with van der Waals surface area (Å²) in [5.41, 5.74) is 3.77. The van der Waals surface area contributed by atoms with E-state index >= 15 is 0 Å². The topological polar surface area (TPSA) is 53.0 Å². The number of nitrogens with one attached hydrogen (secondary N) is 1. The van der Waals surface area contributed by atoms with Gasteiger partial charge in [-0.05, 0) is 56.1 Å². The Morgan fingerprint density at radius 3 is 2.62 bits per heavy atom. The molecule has 0 amide bonds. The molecular formula is C23H31ClN4O. The molecule has 0 bridgehead atoms. The fourth-order valence-electron chi connectivity index (χ4n) is 5.54. The Balaban J connectivity index is 1.41. The standard InChI is InChI=1S/C23H31ClN4O/c1-28-12-11-19(24)21(22-23(28)18-13-25-26-14-20(18)27-22)15-7-9-17(10-8-15)29-16-5-3-2-4-6-16/h11,14-17,27H,2-10,12-13H2,1H3/t15-,17+. The molecule has 2 aliphatic heterocycles. The molecule has 3 heterocycles. The lowest BCUT2D eigenvalue weighted by atomic mass is 9.81. The van der Waals surface area contributed by atoms with Crippen LogP contribution in [0.2, 0.25) is 0 Å². The lowest BCUT2D eigenvalue weighted by molar-refractivity contribution is -0.0481. The number of nitrogens with zero attached hydrogens (tertiary/aromatic N) is 3. The van der Waals surface area contributed by atoms with Gasteiger partial charge >= 0.3 is 0 Å². The molecule has 5 nitrogen and oxygen atoms in total. The summed E-state index contributed by atoms with van der Waals surface area (Å²) >= 11 is 6.86. The molecule has 0 spiro atoms. The number of H-pyrrole nitrogens is 1. The second-order valence-corrected chi connectivity index (χ2v) is 9.41. The van der Waals surface area contributed by atoms with E-state index in [1.54, 1.807) is 0 Å². The van der Waals surface area contributed by atoms with Gasteiger partial charge in [-0.3, -0.25) is 0 Å². The van der Waals surface area contributed by atoms with Crippen LogP contribution < -0.4 is 15.6 Å². The third-order valence-electron chi connectivity index (χ3n) is 7.08. The Kier molecular flexibility index (Phi) is 5.53. The second kappa shape index (κ2) is 8.27. The molecule has 0 atom stereocenters. The first-order chi connectivity index (χ1) is 14.2. The summed E-state index contributed by atoms with van der Waals surface area (Å²) in [7, 11) is 2.14. The number of fused-ring (bicyclic) bond motifs is 3. The molecule has 156 valence electrons. The molecule has 2 saturated carbocycles. The van der Waals surface area contributed by atoms with E-state index in [2.05, 4.69) is 33.2 Å². The fourth-order valence-corrected chi connectivity index (χ4v) is 5.86. The largest absolute Gasteiger partial charge is 0.375 e. The molecule has 1 aromatic rings. The number of likely N-dealkylation sites (N-methyl/N-ethyl adjacent to an activating group) is 1. The van der Waals surface area contributed by atoms with Crippen molar-refractivity contribution >= 4 is 29.1 Å². The van der Waals surface area contributed by atoms with Crippen LogP contribution >= 0.6 is 11.6 Å². The summed E-state index contributed by atoms with van der Waals surface area (Å²) in [6.45, 7) is 1.45. The van der Waals surface area contributed by atoms with Gasteiger partial charge in [0.25, 0.3) is 0 Å². The number of aromatic nitrogens is 1. The van der Waals surface area contributed by atoms with Gasteiger partial charge < -0.3 is 14.6 Å². The molecule has 2 aliphatic carbocycles. The van der Waals surface area contributed by atoms with Crippen LogP contribution in [0.25, 0.3) is 11.8 Å². The molecule has 1 aromatic heterocycles. The predicted octanol–water partition coefficient (Wildman–Crippen LogP) is 4.35. The van der Waals surface area contributed by atoms with Crippen molar-refractivity contribution in [2.24, 2.45) is 16.1 Å². The molecule has 6 heteroatoms. The number of aromatic amines is 1. The highest BCUT2D eigenvalue weighted by atomic mass is 35.5. The van der Waals surface area contributed by atoms with E-state index in [0.29, 0.717) is 24.7 Å². The van der Waals surface area contributed by atoms with Crippen LogP contribution in [0.1, 0.15) is 63.4 Å². The number of halogens is 1. The van der Waals surface area contributed by atoms with E-state index in [9.17, 15) is 0 Å². The summed E-state index contributed by atoms with van der Waals surface area (Å²) in [6.07, 6.45) is 16.0. The molecular weight excluding hydrogens is 384 g/mol. The van der Waals surface area contributed by atoms with Crippen LogP contribution in [0.5, 0.6) is 0 Å². The van der Waals surface area contributed by atoms with Gasteiger partial charge in [0.05, 0.1) is 41.3 Å². The van der Waals surface area contributed by atoms with Gasteiger partial charge in [-0.1, -0.05) is 30.9 Å². The maximum absolute atomic E-state index is 6.86. The first-order valence-corrected chi connectivity index (χ1v) is 11.6. The average molecular weight is 415 g/mol. The highest BCUT2D eigenvalue weighted by Crippen LogP contribution is 2.38. The Morgan fingerprint density at radius 1 is 1.07 bits per heavy atom. The zero-order chi connectivity index (χ0) is 19.8. The van der Waals surface area contributed by atoms with E-state index in [-0.39, 0.29) is 0 Å². The molecule has 2 fully saturated rings. The van der Waals surface area contributed by atoms with Crippen LogP contribution in [0.4, 0.5) is 5.69 Å². The molecule has 0 radical (unpaired) electrons. The van der Waals surface area contributed by atoms with Crippen LogP contribution in [-0.4, -0.2) is 30.8 Å². The quantitative estimate of drug-likeness (QED) is 0.799. The maximum atomic E-state index is 6.86. The minimum absolute atomic E-state index is 0.424. The smallest absolute Gasteiger partial charge is 0.0895 e. The summed E-state index contributed by atoms with van der Waals surface area (Å²) in [5.74, 6) is 0.476. The Bertz CT molecular complexity index is 933. The number of anilines is 1. The zero-order valence-corrected chi connectivity index (χ0v) is 18.0. The zero-order valence-electron chi connectivity index (χ0n) is 17.3. The van der Waals surface area contributed by atoms with Gasteiger partial charge in [0.2, 0.25) is 0 Å². The van der Waals surface area contributed by atoms with Crippen molar-refractivity contribution in [2.75, 3.05) is 18.5 Å². The molecule has 0 aromatic carbocycles. The Labute approximate surface area is 177 Å². The maximum Gasteiger partial charge on any atom is 0.0895 e. The number of hydrogen-bond donors (Lipinski definition) is 1. The summed E-state index contributed by atoms with van der Waals surface area (Å²) < 4.78 is 6.47. The van der Waals surface area contributed by atoms with Crippen LogP contribution in [-0.2, 0) is 11.3 Å². The Hall–Kier alpha value is -1.59. The van der Waals surface area contributed by atoms with E-state index in [1.165, 1.54) is 54.3 Å². The lowest BCUT2D eigenvalue weighted by Gasteiger charge is -2.33. The van der Waals surface area contributed by atoms with E-state index < -0.39 is 0 Å². The fraction of sp³-hybridized carbons (Fsp3) is 0.652. The van der Waals surface area contributed by atoms with Crippen molar-refractivity contribution < 1.29 is 4.74 Å². The minimum Gasteiger partial charge on any atom is -0.375 e. The molecule has 0 unspecified atom stereocenters. The minimum atomic E-state index is 0.424. The van der Waals surface area contributed by atoms with Gasteiger partial charge in [-0.25, -0.2) is 0 Å². The molecule has 29 heavy (non-hydrogen) atoms. The van der Waals surface area contributed by atoms with E-state index in [0.717, 1.165) is 42.6 Å². The first kappa shape index (κ1) is 19.4. The Morgan fingerprint density at radius 2 is 1.83 bits per heavy atom. The third-order valence-corrected chi connectivity index (χ3v) is 7.43. The SMILES string of the molecule is CN1CC=C(Cl)C([C@H]2CC[C@@H](OC3CCCCC3)CC2)=c2[nH]c3c(c21)CN=NC=3. The van der Waals surface area contributed by atoms with Crippen LogP contribution in [0.3, 0.4) is 0 Å². The van der Waals surface area contributed by atoms with Gasteiger partial charge in [0.15, 0.2) is 0 Å². The number of azo groups is 1. The monoisotopic (exact) mass is 414 g/mol. The highest BCUT2D eigenvalue weighted by Gasteiger charge is 2.30. The molecule has 4 aliphatic rings. The van der Waals surface area contributed by atoms with E-state index in [1.807, 2.05) is 6.20 Å². The number of ether oxygens (including phenoxy) is 1. The lowest BCUT2D eigenvalue weighted by Crippen LogP contribution is -2.30. The normalized spacial score (nSPS) is 27.7. The highest BCUT2D eigenvalue weighted by molar-refractivity contribution is 6.36. The predicted molar refractivity (Wildman–Crippen MR) is 117 cm³/mol. The van der Waals surface area contributed by atoms with Gasteiger partial charge in [-0.2, -0.15) is 10.2 Å². The molecule has 5 rings (SSSR count). The number of rotatable bonds is 3. The van der Waals surface area contributed by atoms with Crippen molar-refractivity contribution in [1.82, 2.24) is 4.98 Å². The van der Waals surface area contributed by atoms with Crippen molar-refractivity contribution in [3.8, 4) is 0 Å². The van der Waals surface area contributed by atoms with Crippen molar-refractivity contribution in [1.29, 1.82) is 0 Å². The second-order valence-electron chi connectivity index (χ2n) is 9.00. The van der Waals surface area contributed by atoms with Gasteiger partial charge in [0, 0.05) is 24.2 Å². The van der Waals surface area contributed by atoms with Gasteiger partial charge in [0.1, 0.15) is 0 Å². The first-order valence-electron chi connectivity index (χ1n) is 11.2. The average Bonchev–Trinajstić information content (AvgIpc) is 3.08. The van der Waals surface area contributed by atoms with Crippen LogP contribution in [0.15, 0.2) is 21.3 Å². The van der Waals surface area contributed by atoms with Crippen molar-refractivity contribution in [3.05, 3.63) is 27.4 Å².